The lowest BCUT2D eigenvalue weighted by atomic mass is 9.34. The number of rotatable bonds is 3. The molecule has 0 radical (unpaired) electrons. The minimum atomic E-state index is -1.20. The second kappa shape index (κ2) is 8.39. The number of aliphatic carboxylic acids is 1. The van der Waals surface area contributed by atoms with Gasteiger partial charge >= 0.3 is 11.9 Å². The van der Waals surface area contributed by atoms with E-state index < -0.39 is 22.2 Å². The fourth-order valence-electron chi connectivity index (χ4n) is 10.3. The minimum absolute atomic E-state index is 0.0284. The van der Waals surface area contributed by atoms with Crippen LogP contribution in [0.5, 0.6) is 0 Å². The molecule has 0 spiro atoms. The zero-order valence-electron chi connectivity index (χ0n) is 25.0. The molecule has 0 saturated heterocycles. The Labute approximate surface area is 233 Å². The van der Waals surface area contributed by atoms with Crippen molar-refractivity contribution < 1.29 is 29.0 Å². The van der Waals surface area contributed by atoms with E-state index in [9.17, 15) is 24.3 Å². The Kier molecular flexibility index (Phi) is 6.09. The van der Waals surface area contributed by atoms with Gasteiger partial charge in [-0.2, -0.15) is 0 Å². The molecule has 0 aromatic carbocycles. The van der Waals surface area contributed by atoms with Crippen LogP contribution in [0.1, 0.15) is 100 Å². The summed E-state index contributed by atoms with van der Waals surface area (Å²) >= 11 is 0. The number of ketones is 2. The number of fused-ring (bicyclic) bond motifs is 7. The van der Waals surface area contributed by atoms with Gasteiger partial charge in [-0.05, 0) is 86.0 Å². The Morgan fingerprint density at radius 3 is 2.23 bits per heavy atom. The number of esters is 1. The molecule has 5 aliphatic carbocycles. The van der Waals surface area contributed by atoms with Crippen molar-refractivity contribution >= 4 is 23.5 Å². The van der Waals surface area contributed by atoms with Crippen LogP contribution in [0.2, 0.25) is 0 Å². The van der Waals surface area contributed by atoms with E-state index in [2.05, 4.69) is 27.7 Å². The number of hydrogen-bond acceptors (Lipinski definition) is 5. The van der Waals surface area contributed by atoms with Crippen LogP contribution < -0.4 is 0 Å². The molecular weight excluding hydrogens is 492 g/mol. The molecule has 3 saturated carbocycles. The average Bonchev–Trinajstić information content (AvgIpc) is 2.82. The molecule has 39 heavy (non-hydrogen) atoms. The number of allylic oxidation sites excluding steroid dienone is 3. The topological polar surface area (TPSA) is 97.7 Å². The van der Waals surface area contributed by atoms with Crippen molar-refractivity contribution in [1.82, 2.24) is 0 Å². The predicted octanol–water partition coefficient (Wildman–Crippen LogP) is 6.33. The van der Waals surface area contributed by atoms with E-state index in [-0.39, 0.29) is 57.1 Å². The molecule has 5 aliphatic rings. The lowest BCUT2D eigenvalue weighted by Gasteiger charge is -2.68. The summed E-state index contributed by atoms with van der Waals surface area (Å²) < 4.78 is 5.68. The van der Waals surface area contributed by atoms with Crippen LogP contribution in [0.4, 0.5) is 0 Å². The maximum Gasteiger partial charge on any atom is 0.339 e. The third-order valence-electron chi connectivity index (χ3n) is 12.7. The van der Waals surface area contributed by atoms with Gasteiger partial charge in [0.15, 0.2) is 11.6 Å². The van der Waals surface area contributed by atoms with Crippen molar-refractivity contribution in [1.29, 1.82) is 0 Å². The molecule has 3 fully saturated rings. The van der Waals surface area contributed by atoms with E-state index in [0.717, 1.165) is 44.1 Å². The maximum absolute atomic E-state index is 14.4. The van der Waals surface area contributed by atoms with Gasteiger partial charge in [0, 0.05) is 16.7 Å². The van der Waals surface area contributed by atoms with E-state index in [4.69, 9.17) is 4.74 Å². The summed E-state index contributed by atoms with van der Waals surface area (Å²) in [6.07, 6.45) is 9.04. The SMILES string of the molecule is CCOC(=O)[C@]12CCC(C)(C)CC1C1C(=O)C=C3[C@@]4(C)C=C(C(=O)O)C(=O)C(C)(C)[C@@H]4CC[C@@]3(C)[C@]1(C)CC2. The first-order valence-corrected chi connectivity index (χ1v) is 14.9. The maximum atomic E-state index is 14.4. The van der Waals surface area contributed by atoms with Crippen molar-refractivity contribution in [2.24, 2.45) is 50.2 Å². The van der Waals surface area contributed by atoms with Gasteiger partial charge in [-0.1, -0.05) is 60.1 Å². The van der Waals surface area contributed by atoms with Crippen LogP contribution in [0.15, 0.2) is 23.3 Å². The monoisotopic (exact) mass is 538 g/mol. The van der Waals surface area contributed by atoms with Crippen molar-refractivity contribution in [3.63, 3.8) is 0 Å². The van der Waals surface area contributed by atoms with Crippen molar-refractivity contribution in [2.45, 2.75) is 100 Å². The van der Waals surface area contributed by atoms with Crippen molar-refractivity contribution in [3.05, 3.63) is 23.3 Å². The van der Waals surface area contributed by atoms with E-state index in [0.29, 0.717) is 13.0 Å². The first kappa shape index (κ1) is 28.3. The van der Waals surface area contributed by atoms with Crippen LogP contribution in [0, 0.1) is 50.2 Å². The summed E-state index contributed by atoms with van der Waals surface area (Å²) in [6.45, 7) is 17.0. The third kappa shape index (κ3) is 3.51. The Bertz CT molecular complexity index is 1220. The van der Waals surface area contributed by atoms with Gasteiger partial charge in [0.1, 0.15) is 0 Å². The smallest absolute Gasteiger partial charge is 0.339 e. The largest absolute Gasteiger partial charge is 0.478 e. The predicted molar refractivity (Wildman–Crippen MR) is 148 cm³/mol. The van der Waals surface area contributed by atoms with Crippen LogP contribution >= 0.6 is 0 Å². The third-order valence-corrected chi connectivity index (χ3v) is 12.7. The zero-order valence-corrected chi connectivity index (χ0v) is 25.0. The fourth-order valence-corrected chi connectivity index (χ4v) is 10.3. The van der Waals surface area contributed by atoms with Gasteiger partial charge < -0.3 is 9.84 Å². The van der Waals surface area contributed by atoms with Crippen LogP contribution in [0.3, 0.4) is 0 Å². The number of hydrogen-bond donors (Lipinski definition) is 1. The van der Waals surface area contributed by atoms with E-state index in [1.165, 1.54) is 0 Å². The second-order valence-electron chi connectivity index (χ2n) is 15.3. The molecule has 0 aromatic heterocycles. The fraction of sp³-hybridized carbons (Fsp3) is 0.758. The highest BCUT2D eigenvalue weighted by Crippen LogP contribution is 2.74. The number of carbonyl (C=O) groups is 4. The quantitative estimate of drug-likeness (QED) is 0.333. The van der Waals surface area contributed by atoms with Gasteiger partial charge in [-0.25, -0.2) is 4.79 Å². The summed E-state index contributed by atoms with van der Waals surface area (Å²) in [5.74, 6) is -2.10. The molecule has 0 aliphatic heterocycles. The second-order valence-corrected chi connectivity index (χ2v) is 15.3. The Balaban J connectivity index is 1.70. The van der Waals surface area contributed by atoms with E-state index in [1.807, 2.05) is 33.8 Å². The van der Waals surface area contributed by atoms with Gasteiger partial charge in [-0.3, -0.25) is 14.4 Å². The highest BCUT2D eigenvalue weighted by atomic mass is 16.5. The lowest BCUT2D eigenvalue weighted by molar-refractivity contribution is -0.192. The zero-order chi connectivity index (χ0) is 29.0. The molecule has 7 atom stereocenters. The van der Waals surface area contributed by atoms with Crippen molar-refractivity contribution in [3.8, 4) is 0 Å². The number of ether oxygens (including phenoxy) is 1. The lowest BCUT2D eigenvalue weighted by Crippen LogP contribution is -2.66. The Hall–Kier alpha value is -2.24. The van der Waals surface area contributed by atoms with E-state index in [1.54, 1.807) is 6.08 Å². The summed E-state index contributed by atoms with van der Waals surface area (Å²) in [5.41, 5.74) is -2.11. The normalized spacial score (nSPS) is 44.1. The molecule has 6 heteroatoms. The molecular formula is C33H46O6. The summed E-state index contributed by atoms with van der Waals surface area (Å²) in [5, 5.41) is 9.98. The average molecular weight is 539 g/mol. The Morgan fingerprint density at radius 2 is 1.62 bits per heavy atom. The first-order chi connectivity index (χ1) is 17.9. The molecule has 0 aromatic rings. The highest BCUT2D eigenvalue weighted by Gasteiger charge is 2.71. The van der Waals surface area contributed by atoms with Crippen LogP contribution in [-0.4, -0.2) is 35.2 Å². The van der Waals surface area contributed by atoms with Gasteiger partial charge in [0.25, 0.3) is 0 Å². The molecule has 1 N–H and O–H groups in total. The summed E-state index contributed by atoms with van der Waals surface area (Å²) in [6, 6.07) is 0. The number of carboxylic acids is 1. The molecule has 2 unspecified atom stereocenters. The van der Waals surface area contributed by atoms with Crippen LogP contribution in [0.25, 0.3) is 0 Å². The molecule has 0 amide bonds. The standard InChI is InChI=1S/C33H46O6/c1-9-39-27(38)33-14-12-28(2,3)18-20(33)24-21(34)16-23-30(6)17-19(26(36)37)25(35)29(4,5)22(30)10-11-31(23,7)32(24,8)13-15-33/h16-17,20,22,24H,9-15,18H2,1-8H3,(H,36,37)/t20?,22-,24?,30-,31+,32+,33-/m0/s1. The van der Waals surface area contributed by atoms with Gasteiger partial charge in [0.2, 0.25) is 0 Å². The molecule has 6 nitrogen and oxygen atoms in total. The first-order valence-electron chi connectivity index (χ1n) is 14.9. The number of carbonyl (C=O) groups excluding carboxylic acids is 3. The van der Waals surface area contributed by atoms with Gasteiger partial charge in [-0.15, -0.1) is 0 Å². The van der Waals surface area contributed by atoms with Crippen LogP contribution in [-0.2, 0) is 23.9 Å². The summed E-state index contributed by atoms with van der Waals surface area (Å²) in [7, 11) is 0. The number of carboxylic acid groups (broad SMARTS) is 1. The minimum Gasteiger partial charge on any atom is -0.478 e. The molecule has 0 heterocycles. The van der Waals surface area contributed by atoms with Gasteiger partial charge in [0.05, 0.1) is 17.6 Å². The molecule has 5 rings (SSSR count). The molecule has 0 bridgehead atoms. The Morgan fingerprint density at radius 1 is 0.974 bits per heavy atom. The van der Waals surface area contributed by atoms with Crippen molar-refractivity contribution in [2.75, 3.05) is 6.61 Å². The number of Topliss-reactive ketones (excluding diaryl/α,β-unsaturated/α-hetero) is 1. The molecule has 214 valence electrons. The highest BCUT2D eigenvalue weighted by molar-refractivity contribution is 6.19. The summed E-state index contributed by atoms with van der Waals surface area (Å²) in [4.78, 5) is 53.5. The van der Waals surface area contributed by atoms with E-state index >= 15 is 0 Å².